The summed E-state index contributed by atoms with van der Waals surface area (Å²) in [5.41, 5.74) is 0.581. The summed E-state index contributed by atoms with van der Waals surface area (Å²) in [6, 6.07) is 7.75. The predicted octanol–water partition coefficient (Wildman–Crippen LogP) is 4.56. The zero-order chi connectivity index (χ0) is 26.0. The number of amides is 1. The number of hydrogen-bond donors (Lipinski definition) is 4. The summed E-state index contributed by atoms with van der Waals surface area (Å²) >= 11 is 0. The van der Waals surface area contributed by atoms with Gasteiger partial charge >= 0.3 is 6.18 Å². The number of nitrogens with one attached hydrogen (secondary N) is 4. The molecule has 0 bridgehead atoms. The maximum atomic E-state index is 13.7. The number of hydrogen-bond acceptors (Lipinski definition) is 7. The van der Waals surface area contributed by atoms with Crippen LogP contribution in [0.25, 0.3) is 0 Å². The molecule has 196 valence electrons. The van der Waals surface area contributed by atoms with E-state index in [9.17, 15) is 18.0 Å². The van der Waals surface area contributed by atoms with Gasteiger partial charge in [0, 0.05) is 49.9 Å². The SMILES string of the molecule is CC(=O)Nc1cccc(C(F)(F)F)c1N1CCC(NCc2nccc(Nc3cc(C4CC4)[nH]n3)n2)CC1. The first-order valence-electron chi connectivity index (χ1n) is 12.4. The average molecular weight is 515 g/mol. The van der Waals surface area contributed by atoms with Gasteiger partial charge in [-0.1, -0.05) is 6.07 Å². The van der Waals surface area contributed by atoms with Crippen LogP contribution in [0.1, 0.15) is 55.6 Å². The van der Waals surface area contributed by atoms with Crippen molar-refractivity contribution in [1.29, 1.82) is 0 Å². The third-order valence-corrected chi connectivity index (χ3v) is 6.59. The normalized spacial score (nSPS) is 16.6. The second-order valence-corrected chi connectivity index (χ2v) is 9.49. The molecule has 3 heterocycles. The van der Waals surface area contributed by atoms with Crippen LogP contribution in [-0.2, 0) is 17.5 Å². The number of para-hydroxylation sites is 1. The van der Waals surface area contributed by atoms with Crippen molar-refractivity contribution in [2.75, 3.05) is 28.6 Å². The second-order valence-electron chi connectivity index (χ2n) is 9.49. The highest BCUT2D eigenvalue weighted by Crippen LogP contribution is 2.42. The molecule has 2 fully saturated rings. The quantitative estimate of drug-likeness (QED) is 0.349. The van der Waals surface area contributed by atoms with Crippen LogP contribution in [0.2, 0.25) is 0 Å². The van der Waals surface area contributed by atoms with Crippen molar-refractivity contribution in [3.05, 3.63) is 53.6 Å². The molecule has 1 amide bonds. The van der Waals surface area contributed by atoms with E-state index in [1.54, 1.807) is 17.2 Å². The number of benzene rings is 1. The molecule has 1 saturated heterocycles. The number of alkyl halides is 3. The summed E-state index contributed by atoms with van der Waals surface area (Å²) < 4.78 is 41.2. The predicted molar refractivity (Wildman–Crippen MR) is 134 cm³/mol. The number of aromatic nitrogens is 4. The Morgan fingerprint density at radius 1 is 1.14 bits per heavy atom. The minimum atomic E-state index is -4.52. The molecule has 0 atom stereocenters. The van der Waals surface area contributed by atoms with Gasteiger partial charge in [0.05, 0.1) is 23.5 Å². The third-order valence-electron chi connectivity index (χ3n) is 6.59. The Hall–Kier alpha value is -3.67. The average Bonchev–Trinajstić information content (AvgIpc) is 3.61. The van der Waals surface area contributed by atoms with Gasteiger partial charge in [-0.2, -0.15) is 18.3 Å². The number of carbonyl (C=O) groups excluding carboxylic acids is 1. The molecule has 1 saturated carbocycles. The molecule has 5 rings (SSSR count). The maximum Gasteiger partial charge on any atom is 0.418 e. The van der Waals surface area contributed by atoms with E-state index in [2.05, 4.69) is 36.1 Å². The maximum absolute atomic E-state index is 13.7. The topological polar surface area (TPSA) is 111 Å². The lowest BCUT2D eigenvalue weighted by atomic mass is 10.0. The lowest BCUT2D eigenvalue weighted by Gasteiger charge is -2.36. The largest absolute Gasteiger partial charge is 0.418 e. The molecule has 2 aliphatic rings. The number of H-pyrrole nitrogens is 1. The monoisotopic (exact) mass is 514 g/mol. The van der Waals surface area contributed by atoms with Crippen LogP contribution in [0.3, 0.4) is 0 Å². The number of piperidine rings is 1. The summed E-state index contributed by atoms with van der Waals surface area (Å²) in [6.45, 7) is 2.56. The van der Waals surface area contributed by atoms with Gasteiger partial charge in [0.15, 0.2) is 5.82 Å². The Morgan fingerprint density at radius 2 is 1.92 bits per heavy atom. The van der Waals surface area contributed by atoms with Crippen molar-refractivity contribution in [1.82, 2.24) is 25.5 Å². The number of halogens is 3. The second kappa shape index (κ2) is 10.4. The van der Waals surface area contributed by atoms with Crippen LogP contribution in [0, 0.1) is 0 Å². The fourth-order valence-electron chi connectivity index (χ4n) is 4.64. The van der Waals surface area contributed by atoms with Crippen LogP contribution < -0.4 is 20.9 Å². The summed E-state index contributed by atoms with van der Waals surface area (Å²) in [4.78, 5) is 22.2. The van der Waals surface area contributed by atoms with Gasteiger partial charge in [-0.3, -0.25) is 9.89 Å². The first kappa shape index (κ1) is 25.0. The van der Waals surface area contributed by atoms with Crippen LogP contribution in [0.15, 0.2) is 36.5 Å². The highest BCUT2D eigenvalue weighted by Gasteiger charge is 2.37. The standard InChI is InChI=1S/C25H29F3N8O/c1-15(37)31-19-4-2-3-18(25(26,27)28)24(19)36-11-8-17(9-12-36)30-14-23-29-10-7-21(33-23)32-22-13-20(34-35-22)16-5-6-16/h2-4,7,10,13,16-17,30H,5-6,8-9,11-12,14H2,1H3,(H,31,37)(H2,29,32,33,34,35). The Labute approximate surface area is 212 Å². The Bertz CT molecular complexity index is 1250. The van der Waals surface area contributed by atoms with Crippen molar-refractivity contribution in [3.8, 4) is 0 Å². The van der Waals surface area contributed by atoms with Crippen molar-refractivity contribution in [3.63, 3.8) is 0 Å². The first-order chi connectivity index (χ1) is 17.8. The molecule has 0 unspecified atom stereocenters. The fraction of sp³-hybridized carbons (Fsp3) is 0.440. The van der Waals surface area contributed by atoms with E-state index in [1.165, 1.54) is 31.9 Å². The number of carbonyl (C=O) groups is 1. The van der Waals surface area contributed by atoms with Gasteiger partial charge in [0.1, 0.15) is 11.6 Å². The molecular formula is C25H29F3N8O. The number of aromatic amines is 1. The molecule has 4 N–H and O–H groups in total. The van der Waals surface area contributed by atoms with E-state index < -0.39 is 17.6 Å². The van der Waals surface area contributed by atoms with Gasteiger partial charge in [-0.05, 0) is 43.9 Å². The number of anilines is 4. The Balaban J connectivity index is 1.18. The fourth-order valence-corrected chi connectivity index (χ4v) is 4.64. The molecular weight excluding hydrogens is 485 g/mol. The van der Waals surface area contributed by atoms with Crippen molar-refractivity contribution in [2.45, 2.75) is 57.3 Å². The van der Waals surface area contributed by atoms with Gasteiger partial charge in [-0.15, -0.1) is 0 Å². The van der Waals surface area contributed by atoms with Crippen molar-refractivity contribution in [2.24, 2.45) is 0 Å². The van der Waals surface area contributed by atoms with Gasteiger partial charge in [-0.25, -0.2) is 9.97 Å². The molecule has 0 radical (unpaired) electrons. The van der Waals surface area contributed by atoms with E-state index in [4.69, 9.17) is 0 Å². The van der Waals surface area contributed by atoms with E-state index >= 15 is 0 Å². The summed E-state index contributed by atoms with van der Waals surface area (Å²) in [7, 11) is 0. The zero-order valence-corrected chi connectivity index (χ0v) is 20.4. The van der Waals surface area contributed by atoms with Gasteiger partial charge in [0.2, 0.25) is 5.91 Å². The summed E-state index contributed by atoms with van der Waals surface area (Å²) in [6.07, 6.45) is 0.817. The summed E-state index contributed by atoms with van der Waals surface area (Å²) in [5, 5.41) is 16.5. The van der Waals surface area contributed by atoms with Crippen LogP contribution in [0.5, 0.6) is 0 Å². The molecule has 1 aliphatic carbocycles. The van der Waals surface area contributed by atoms with Crippen LogP contribution in [0.4, 0.5) is 36.2 Å². The van der Waals surface area contributed by atoms with E-state index in [0.29, 0.717) is 55.9 Å². The Kier molecular flexibility index (Phi) is 7.00. The molecule has 12 heteroatoms. The zero-order valence-electron chi connectivity index (χ0n) is 20.4. The van der Waals surface area contributed by atoms with Crippen LogP contribution >= 0.6 is 0 Å². The van der Waals surface area contributed by atoms with Gasteiger partial charge in [0.25, 0.3) is 0 Å². The molecule has 2 aromatic heterocycles. The third kappa shape index (κ3) is 6.19. The molecule has 1 aliphatic heterocycles. The van der Waals surface area contributed by atoms with E-state index in [0.717, 1.165) is 11.8 Å². The molecule has 9 nitrogen and oxygen atoms in total. The molecule has 1 aromatic carbocycles. The highest BCUT2D eigenvalue weighted by atomic mass is 19.4. The first-order valence-corrected chi connectivity index (χ1v) is 12.4. The number of rotatable bonds is 8. The minimum absolute atomic E-state index is 0.0222. The molecule has 3 aromatic rings. The Morgan fingerprint density at radius 3 is 2.62 bits per heavy atom. The van der Waals surface area contributed by atoms with E-state index in [1.807, 2.05) is 6.07 Å². The number of nitrogens with zero attached hydrogens (tertiary/aromatic N) is 4. The van der Waals surface area contributed by atoms with Gasteiger partial charge < -0.3 is 20.9 Å². The molecule has 37 heavy (non-hydrogen) atoms. The van der Waals surface area contributed by atoms with Crippen LogP contribution in [-0.4, -0.2) is 45.2 Å². The van der Waals surface area contributed by atoms with E-state index in [-0.39, 0.29) is 17.4 Å². The summed E-state index contributed by atoms with van der Waals surface area (Å²) in [5.74, 6) is 2.14. The lowest BCUT2D eigenvalue weighted by Crippen LogP contribution is -2.43. The highest BCUT2D eigenvalue weighted by molar-refractivity contribution is 5.93. The van der Waals surface area contributed by atoms with Crippen molar-refractivity contribution >= 4 is 28.9 Å². The van der Waals surface area contributed by atoms with Crippen molar-refractivity contribution < 1.29 is 18.0 Å². The molecule has 0 spiro atoms. The lowest BCUT2D eigenvalue weighted by molar-refractivity contribution is -0.137. The smallest absolute Gasteiger partial charge is 0.369 e. The minimum Gasteiger partial charge on any atom is -0.369 e.